The molecule has 1 aromatic rings. The second-order valence-corrected chi connectivity index (χ2v) is 5.90. The van der Waals surface area contributed by atoms with Crippen LogP contribution in [0.2, 0.25) is 0 Å². The number of rotatable bonds is 6. The van der Waals surface area contributed by atoms with Gasteiger partial charge in [0.25, 0.3) is 0 Å². The maximum atomic E-state index is 12.2. The van der Waals surface area contributed by atoms with E-state index in [2.05, 4.69) is 6.92 Å². The molecule has 1 amide bonds. The molecule has 2 unspecified atom stereocenters. The molecule has 0 spiro atoms. The lowest BCUT2D eigenvalue weighted by Gasteiger charge is -2.22. The van der Waals surface area contributed by atoms with E-state index in [-0.39, 0.29) is 11.9 Å². The Kier molecular flexibility index (Phi) is 5.37. The molecular formula is C17H26N2O2. The highest BCUT2D eigenvalue weighted by molar-refractivity contribution is 5.96. The maximum absolute atomic E-state index is 12.2. The summed E-state index contributed by atoms with van der Waals surface area (Å²) in [6.07, 6.45) is 3.36. The maximum Gasteiger partial charge on any atom is 0.227 e. The highest BCUT2D eigenvalue weighted by atomic mass is 16.3. The molecular weight excluding hydrogens is 264 g/mol. The minimum absolute atomic E-state index is 0.195. The van der Waals surface area contributed by atoms with E-state index in [4.69, 9.17) is 5.73 Å². The van der Waals surface area contributed by atoms with Crippen molar-refractivity contribution in [1.29, 1.82) is 0 Å². The van der Waals surface area contributed by atoms with Crippen molar-refractivity contribution < 1.29 is 9.90 Å². The summed E-state index contributed by atoms with van der Waals surface area (Å²) in [6, 6.07) is 6.17. The van der Waals surface area contributed by atoms with Crippen LogP contribution in [-0.2, 0) is 11.2 Å². The molecule has 0 fully saturated rings. The highest BCUT2D eigenvalue weighted by Gasteiger charge is 2.30. The van der Waals surface area contributed by atoms with Crippen molar-refractivity contribution in [2.75, 3.05) is 11.4 Å². The van der Waals surface area contributed by atoms with Crippen LogP contribution in [0.3, 0.4) is 0 Å². The molecule has 1 aromatic carbocycles. The van der Waals surface area contributed by atoms with Gasteiger partial charge in [0.05, 0.1) is 6.10 Å². The summed E-state index contributed by atoms with van der Waals surface area (Å²) < 4.78 is 0. The van der Waals surface area contributed by atoms with Crippen LogP contribution in [-0.4, -0.2) is 23.6 Å². The van der Waals surface area contributed by atoms with E-state index in [1.54, 1.807) is 0 Å². The van der Waals surface area contributed by atoms with E-state index in [0.717, 1.165) is 36.1 Å². The van der Waals surface area contributed by atoms with Crippen molar-refractivity contribution in [3.63, 3.8) is 0 Å². The molecule has 21 heavy (non-hydrogen) atoms. The number of hydrogen-bond donors (Lipinski definition) is 2. The molecule has 4 heteroatoms. The second-order valence-electron chi connectivity index (χ2n) is 5.90. The first-order valence-electron chi connectivity index (χ1n) is 7.91. The van der Waals surface area contributed by atoms with Crippen LogP contribution in [0.5, 0.6) is 0 Å². The largest absolute Gasteiger partial charge is 0.388 e. The van der Waals surface area contributed by atoms with Gasteiger partial charge in [0.15, 0.2) is 0 Å². The number of amides is 1. The Hall–Kier alpha value is -1.39. The van der Waals surface area contributed by atoms with E-state index in [0.29, 0.717) is 19.4 Å². The van der Waals surface area contributed by atoms with Gasteiger partial charge in [-0.25, -0.2) is 0 Å². The predicted molar refractivity (Wildman–Crippen MR) is 85.3 cm³/mol. The van der Waals surface area contributed by atoms with Crippen molar-refractivity contribution in [2.24, 2.45) is 5.73 Å². The minimum Gasteiger partial charge on any atom is -0.388 e. The molecule has 1 aliphatic heterocycles. The number of carbonyl (C=O) groups is 1. The standard InChI is InChI=1S/C17H26N2O2/c1-3-5-17(21)19-12(2)10-14-11-13(7-8-15(14)19)16(20)6-4-9-18/h7-8,11-12,16,20H,3-6,9-10,18H2,1-2H3. The molecule has 1 heterocycles. The lowest BCUT2D eigenvalue weighted by Crippen LogP contribution is -2.35. The fourth-order valence-corrected chi connectivity index (χ4v) is 3.05. The SMILES string of the molecule is CCCC(=O)N1c2ccc(C(O)CCCN)cc2CC1C. The number of carbonyl (C=O) groups excluding carboxylic acids is 1. The van der Waals surface area contributed by atoms with Gasteiger partial charge in [-0.1, -0.05) is 19.1 Å². The molecule has 0 radical (unpaired) electrons. The second kappa shape index (κ2) is 7.05. The number of fused-ring (bicyclic) bond motifs is 1. The first kappa shape index (κ1) is 16.0. The van der Waals surface area contributed by atoms with Crippen molar-refractivity contribution in [3.05, 3.63) is 29.3 Å². The summed E-state index contributed by atoms with van der Waals surface area (Å²) in [5.74, 6) is 0.195. The topological polar surface area (TPSA) is 66.6 Å². The molecule has 0 aromatic heterocycles. The number of aliphatic hydroxyl groups is 1. The number of hydrogen-bond acceptors (Lipinski definition) is 3. The van der Waals surface area contributed by atoms with Crippen LogP contribution in [0.25, 0.3) is 0 Å². The Morgan fingerprint density at radius 2 is 2.29 bits per heavy atom. The quantitative estimate of drug-likeness (QED) is 0.846. The first-order chi connectivity index (χ1) is 10.1. The monoisotopic (exact) mass is 290 g/mol. The van der Waals surface area contributed by atoms with E-state index in [9.17, 15) is 9.90 Å². The number of benzene rings is 1. The van der Waals surface area contributed by atoms with Gasteiger partial charge in [-0.3, -0.25) is 4.79 Å². The van der Waals surface area contributed by atoms with Gasteiger partial charge in [0.1, 0.15) is 0 Å². The average Bonchev–Trinajstić information content (AvgIpc) is 2.79. The summed E-state index contributed by atoms with van der Waals surface area (Å²) in [6.45, 7) is 4.70. The minimum atomic E-state index is -0.463. The predicted octanol–water partition coefficient (Wildman–Crippen LogP) is 2.54. The molecule has 1 aliphatic rings. The van der Waals surface area contributed by atoms with Gasteiger partial charge in [-0.15, -0.1) is 0 Å². The lowest BCUT2D eigenvalue weighted by molar-refractivity contribution is -0.118. The van der Waals surface area contributed by atoms with Crippen LogP contribution in [0, 0.1) is 0 Å². The fraction of sp³-hybridized carbons (Fsp3) is 0.588. The normalized spacial score (nSPS) is 18.7. The Labute approximate surface area is 126 Å². The van der Waals surface area contributed by atoms with Crippen LogP contribution < -0.4 is 10.6 Å². The Morgan fingerprint density at radius 1 is 1.52 bits per heavy atom. The molecule has 116 valence electrons. The van der Waals surface area contributed by atoms with Crippen molar-refractivity contribution in [1.82, 2.24) is 0 Å². The van der Waals surface area contributed by atoms with Gasteiger partial charge in [-0.2, -0.15) is 0 Å². The third kappa shape index (κ3) is 3.44. The smallest absolute Gasteiger partial charge is 0.227 e. The zero-order valence-electron chi connectivity index (χ0n) is 13.0. The molecule has 2 rings (SSSR count). The Morgan fingerprint density at radius 3 is 2.95 bits per heavy atom. The fourth-order valence-electron chi connectivity index (χ4n) is 3.05. The van der Waals surface area contributed by atoms with Crippen LogP contribution in [0.15, 0.2) is 18.2 Å². The van der Waals surface area contributed by atoms with Crippen LogP contribution in [0.4, 0.5) is 5.69 Å². The zero-order chi connectivity index (χ0) is 15.4. The van der Waals surface area contributed by atoms with Gasteiger partial charge in [0.2, 0.25) is 5.91 Å². The third-order valence-electron chi connectivity index (χ3n) is 4.12. The third-order valence-corrected chi connectivity index (χ3v) is 4.12. The average molecular weight is 290 g/mol. The van der Waals surface area contributed by atoms with E-state index in [1.165, 1.54) is 0 Å². The molecule has 0 saturated heterocycles. The first-order valence-corrected chi connectivity index (χ1v) is 7.91. The Bertz CT molecular complexity index is 502. The number of aliphatic hydroxyl groups excluding tert-OH is 1. The molecule has 0 bridgehead atoms. The molecule has 0 aliphatic carbocycles. The van der Waals surface area contributed by atoms with E-state index in [1.807, 2.05) is 30.0 Å². The van der Waals surface area contributed by atoms with Gasteiger partial charge >= 0.3 is 0 Å². The van der Waals surface area contributed by atoms with Gasteiger partial charge < -0.3 is 15.7 Å². The molecule has 4 nitrogen and oxygen atoms in total. The molecule has 0 saturated carbocycles. The van der Waals surface area contributed by atoms with Crippen molar-refractivity contribution in [3.8, 4) is 0 Å². The zero-order valence-corrected chi connectivity index (χ0v) is 13.0. The highest BCUT2D eigenvalue weighted by Crippen LogP contribution is 2.35. The summed E-state index contributed by atoms with van der Waals surface area (Å²) in [7, 11) is 0. The number of nitrogens with two attached hydrogens (primary N) is 1. The number of anilines is 1. The van der Waals surface area contributed by atoms with E-state index >= 15 is 0 Å². The summed E-state index contributed by atoms with van der Waals surface area (Å²) >= 11 is 0. The number of nitrogens with zero attached hydrogens (tertiary/aromatic N) is 1. The van der Waals surface area contributed by atoms with E-state index < -0.39 is 6.10 Å². The summed E-state index contributed by atoms with van der Waals surface area (Å²) in [5, 5.41) is 10.2. The van der Waals surface area contributed by atoms with Crippen molar-refractivity contribution >= 4 is 11.6 Å². The molecule has 2 atom stereocenters. The molecule has 3 N–H and O–H groups in total. The van der Waals surface area contributed by atoms with Crippen LogP contribution in [0.1, 0.15) is 56.8 Å². The Balaban J connectivity index is 2.19. The van der Waals surface area contributed by atoms with Crippen LogP contribution >= 0.6 is 0 Å². The van der Waals surface area contributed by atoms with Crippen molar-refractivity contribution in [2.45, 2.75) is 58.1 Å². The lowest BCUT2D eigenvalue weighted by atomic mass is 10.0. The summed E-state index contributed by atoms with van der Waals surface area (Å²) in [5.41, 5.74) is 8.59. The van der Waals surface area contributed by atoms with Gasteiger partial charge in [0, 0.05) is 18.2 Å². The summed E-state index contributed by atoms with van der Waals surface area (Å²) in [4.78, 5) is 14.2. The van der Waals surface area contributed by atoms with Gasteiger partial charge in [-0.05, 0) is 56.3 Å².